The largest absolute Gasteiger partial charge is 0.454 e. The zero-order valence-corrected chi connectivity index (χ0v) is 29.3. The van der Waals surface area contributed by atoms with Crippen LogP contribution in [0.3, 0.4) is 0 Å². The molecule has 0 saturated carbocycles. The first-order valence-corrected chi connectivity index (χ1v) is 18.9. The molecule has 0 aliphatic heterocycles. The van der Waals surface area contributed by atoms with E-state index in [0.717, 1.165) is 98.4 Å². The third-order valence-electron chi connectivity index (χ3n) is 9.98. The SMILES string of the molecule is c1csc(-c2cc3oc(-c4cc5ccccc5s4)c(-c4cc5ccccc5[nH]4)c3c(-c3nccc4ccccc34)c2-c2ccc3ccccc3n2)c1. The van der Waals surface area contributed by atoms with E-state index < -0.39 is 0 Å². The van der Waals surface area contributed by atoms with Gasteiger partial charge in [-0.05, 0) is 70.7 Å². The molecule has 5 aromatic carbocycles. The van der Waals surface area contributed by atoms with E-state index in [1.807, 2.05) is 6.20 Å². The number of aromatic nitrogens is 3. The van der Waals surface area contributed by atoms with Crippen LogP contribution in [0.1, 0.15) is 0 Å². The van der Waals surface area contributed by atoms with Crippen molar-refractivity contribution in [3.05, 3.63) is 157 Å². The van der Waals surface area contributed by atoms with Crippen molar-refractivity contribution in [2.45, 2.75) is 0 Å². The van der Waals surface area contributed by atoms with E-state index in [1.165, 1.54) is 10.1 Å². The molecular formula is C46H27N3OS2. The Labute approximate surface area is 306 Å². The van der Waals surface area contributed by atoms with Gasteiger partial charge in [0.1, 0.15) is 5.58 Å². The molecule has 4 nitrogen and oxygen atoms in total. The number of aromatic amines is 1. The lowest BCUT2D eigenvalue weighted by molar-refractivity contribution is 0.634. The Kier molecular flexibility index (Phi) is 6.56. The predicted molar refractivity (Wildman–Crippen MR) is 219 cm³/mol. The van der Waals surface area contributed by atoms with E-state index >= 15 is 0 Å². The second-order valence-electron chi connectivity index (χ2n) is 13.0. The normalized spacial score (nSPS) is 11.8. The van der Waals surface area contributed by atoms with Gasteiger partial charge in [-0.1, -0.05) is 91.0 Å². The zero-order valence-electron chi connectivity index (χ0n) is 27.6. The smallest absolute Gasteiger partial charge is 0.154 e. The highest BCUT2D eigenvalue weighted by Gasteiger charge is 2.30. The summed E-state index contributed by atoms with van der Waals surface area (Å²) in [7, 11) is 0. The van der Waals surface area contributed by atoms with Crippen LogP contribution < -0.4 is 0 Å². The van der Waals surface area contributed by atoms with E-state index in [2.05, 4.69) is 156 Å². The highest BCUT2D eigenvalue weighted by molar-refractivity contribution is 7.22. The molecular weight excluding hydrogens is 675 g/mol. The number of furan rings is 1. The van der Waals surface area contributed by atoms with Crippen LogP contribution in [0.15, 0.2) is 162 Å². The Bertz CT molecular complexity index is 3080. The van der Waals surface area contributed by atoms with Gasteiger partial charge in [-0.2, -0.15) is 0 Å². The fourth-order valence-corrected chi connectivity index (χ4v) is 9.45. The topological polar surface area (TPSA) is 54.7 Å². The molecule has 1 N–H and O–H groups in total. The second-order valence-corrected chi connectivity index (χ2v) is 15.1. The van der Waals surface area contributed by atoms with E-state index in [0.29, 0.717) is 0 Å². The maximum atomic E-state index is 7.19. The highest BCUT2D eigenvalue weighted by Crippen LogP contribution is 2.53. The maximum Gasteiger partial charge on any atom is 0.154 e. The second kappa shape index (κ2) is 11.6. The maximum absolute atomic E-state index is 7.19. The monoisotopic (exact) mass is 701 g/mol. The average Bonchev–Trinajstić information content (AvgIpc) is 4.02. The van der Waals surface area contributed by atoms with Gasteiger partial charge in [-0.15, -0.1) is 22.7 Å². The number of hydrogen-bond donors (Lipinski definition) is 1. The summed E-state index contributed by atoms with van der Waals surface area (Å²) in [5.41, 5.74) is 9.73. The van der Waals surface area contributed by atoms with Crippen molar-refractivity contribution in [3.8, 4) is 54.9 Å². The first-order valence-electron chi connectivity index (χ1n) is 17.2. The van der Waals surface area contributed by atoms with Crippen molar-refractivity contribution >= 4 is 76.3 Å². The van der Waals surface area contributed by atoms with Crippen LogP contribution in [0.25, 0.3) is 108 Å². The van der Waals surface area contributed by atoms with E-state index in [4.69, 9.17) is 14.4 Å². The van der Waals surface area contributed by atoms with Crippen molar-refractivity contribution in [2.75, 3.05) is 0 Å². The molecule has 0 aliphatic carbocycles. The van der Waals surface area contributed by atoms with Gasteiger partial charge in [0.25, 0.3) is 0 Å². The van der Waals surface area contributed by atoms with Crippen LogP contribution in [-0.2, 0) is 0 Å². The molecule has 0 atom stereocenters. The molecule has 0 fully saturated rings. The van der Waals surface area contributed by atoms with Crippen molar-refractivity contribution in [1.29, 1.82) is 0 Å². The molecule has 6 aromatic heterocycles. The molecule has 0 saturated heterocycles. The number of rotatable bonds is 5. The van der Waals surface area contributed by atoms with Crippen LogP contribution in [0.5, 0.6) is 0 Å². The third-order valence-corrected chi connectivity index (χ3v) is 12.0. The lowest BCUT2D eigenvalue weighted by Crippen LogP contribution is -1.97. The first-order chi connectivity index (χ1) is 25.8. The van der Waals surface area contributed by atoms with Crippen LogP contribution in [0.2, 0.25) is 0 Å². The summed E-state index contributed by atoms with van der Waals surface area (Å²) in [6, 6.07) is 51.3. The summed E-state index contributed by atoms with van der Waals surface area (Å²) in [5, 5.41) is 8.78. The summed E-state index contributed by atoms with van der Waals surface area (Å²) in [5.74, 6) is 0.838. The molecule has 244 valence electrons. The van der Waals surface area contributed by atoms with E-state index in [-0.39, 0.29) is 0 Å². The van der Waals surface area contributed by atoms with Crippen molar-refractivity contribution in [3.63, 3.8) is 0 Å². The van der Waals surface area contributed by atoms with Gasteiger partial charge in [-0.25, -0.2) is 4.98 Å². The first kappa shape index (κ1) is 29.4. The molecule has 52 heavy (non-hydrogen) atoms. The fourth-order valence-electron chi connectivity index (χ4n) is 7.65. The minimum Gasteiger partial charge on any atom is -0.454 e. The number of thiophene rings is 2. The molecule has 6 heterocycles. The van der Waals surface area contributed by atoms with Gasteiger partial charge in [-0.3, -0.25) is 4.98 Å². The highest BCUT2D eigenvalue weighted by atomic mass is 32.1. The number of nitrogens with zero attached hydrogens (tertiary/aromatic N) is 2. The van der Waals surface area contributed by atoms with E-state index in [1.54, 1.807) is 22.7 Å². The number of H-pyrrole nitrogens is 1. The fraction of sp³-hybridized carbons (Fsp3) is 0. The summed E-state index contributed by atoms with van der Waals surface area (Å²) < 4.78 is 8.41. The van der Waals surface area contributed by atoms with Gasteiger partial charge in [0, 0.05) is 59.5 Å². The number of para-hydroxylation sites is 2. The molecule has 6 heteroatoms. The molecule has 0 spiro atoms. The molecule has 0 unspecified atom stereocenters. The molecule has 0 aliphatic rings. The molecule has 0 amide bonds. The molecule has 11 rings (SSSR count). The van der Waals surface area contributed by atoms with Gasteiger partial charge in [0.15, 0.2) is 5.76 Å². The van der Waals surface area contributed by atoms with E-state index in [9.17, 15) is 0 Å². The Hall–Kier alpha value is -6.34. The minimum atomic E-state index is 0.804. The third kappa shape index (κ3) is 4.58. The van der Waals surface area contributed by atoms with Crippen LogP contribution >= 0.6 is 22.7 Å². The number of fused-ring (bicyclic) bond motifs is 5. The average molecular weight is 702 g/mol. The summed E-state index contributed by atoms with van der Waals surface area (Å²) in [4.78, 5) is 16.6. The Balaban J connectivity index is 1.36. The standard InChI is InChI=1S/C46H27N3OS2/c1-5-14-31-27(10-1)21-22-47-45(31)44-41(35-20-19-28-11-2-6-15-33(28)48-35)32(39-18-9-23-51-39)26-37-43(44)42(36-24-29-12-3-7-16-34(29)49-36)46(50-37)40-25-30-13-4-8-17-38(30)52-40/h1-26,49H. The minimum absolute atomic E-state index is 0.804. The Morgan fingerprint density at radius 2 is 1.40 bits per heavy atom. The summed E-state index contributed by atoms with van der Waals surface area (Å²) in [6.45, 7) is 0. The van der Waals surface area contributed by atoms with Gasteiger partial charge < -0.3 is 9.40 Å². The molecule has 11 aromatic rings. The lowest BCUT2D eigenvalue weighted by Gasteiger charge is -2.18. The zero-order chi connectivity index (χ0) is 34.2. The van der Waals surface area contributed by atoms with Crippen LogP contribution in [0.4, 0.5) is 0 Å². The summed E-state index contributed by atoms with van der Waals surface area (Å²) in [6.07, 6.45) is 1.93. The number of nitrogens with one attached hydrogen (secondary N) is 1. The number of hydrogen-bond acceptors (Lipinski definition) is 5. The number of benzene rings is 5. The van der Waals surface area contributed by atoms with Gasteiger partial charge in [0.05, 0.1) is 33.0 Å². The molecule has 0 bridgehead atoms. The van der Waals surface area contributed by atoms with Crippen LogP contribution in [-0.4, -0.2) is 15.0 Å². The van der Waals surface area contributed by atoms with Crippen molar-refractivity contribution < 1.29 is 4.42 Å². The summed E-state index contributed by atoms with van der Waals surface area (Å²) >= 11 is 3.48. The Morgan fingerprint density at radius 3 is 2.27 bits per heavy atom. The van der Waals surface area contributed by atoms with Crippen molar-refractivity contribution in [1.82, 2.24) is 15.0 Å². The number of pyridine rings is 2. The quantitative estimate of drug-likeness (QED) is 0.194. The Morgan fingerprint density at radius 1 is 0.596 bits per heavy atom. The molecule has 0 radical (unpaired) electrons. The predicted octanol–water partition coefficient (Wildman–Crippen LogP) is 13.6. The van der Waals surface area contributed by atoms with Crippen LogP contribution in [0, 0.1) is 0 Å². The van der Waals surface area contributed by atoms with Gasteiger partial charge >= 0.3 is 0 Å². The lowest BCUT2D eigenvalue weighted by atomic mass is 9.87. The van der Waals surface area contributed by atoms with Crippen molar-refractivity contribution in [2.24, 2.45) is 0 Å². The van der Waals surface area contributed by atoms with Gasteiger partial charge in [0.2, 0.25) is 0 Å².